The number of benzene rings is 1. The normalized spacial score (nSPS) is 20.0. The zero-order chi connectivity index (χ0) is 14.9. The molecule has 0 unspecified atom stereocenters. The SMILES string of the molecule is CCS(=O)(=O)N1CC[C@@H](c2nc(-c3ccccc3)no2)C1. The van der Waals surface area contributed by atoms with Crippen molar-refractivity contribution in [2.75, 3.05) is 18.8 Å². The number of rotatable bonds is 4. The lowest BCUT2D eigenvalue weighted by Gasteiger charge is -2.13. The molecule has 1 aromatic carbocycles. The van der Waals surface area contributed by atoms with E-state index in [1.807, 2.05) is 30.3 Å². The van der Waals surface area contributed by atoms with Crippen molar-refractivity contribution in [2.45, 2.75) is 19.3 Å². The lowest BCUT2D eigenvalue weighted by molar-refractivity contribution is 0.354. The highest BCUT2D eigenvalue weighted by atomic mass is 32.2. The zero-order valence-electron chi connectivity index (χ0n) is 11.8. The van der Waals surface area contributed by atoms with Crippen molar-refractivity contribution in [3.63, 3.8) is 0 Å². The molecule has 1 saturated heterocycles. The molecule has 2 heterocycles. The molecule has 7 heteroatoms. The van der Waals surface area contributed by atoms with E-state index in [-0.39, 0.29) is 11.7 Å². The Morgan fingerprint density at radius 3 is 2.81 bits per heavy atom. The summed E-state index contributed by atoms with van der Waals surface area (Å²) in [6, 6.07) is 9.58. The minimum Gasteiger partial charge on any atom is -0.339 e. The molecule has 112 valence electrons. The van der Waals surface area contributed by atoms with Crippen LogP contribution in [0.25, 0.3) is 11.4 Å². The molecular weight excluding hydrogens is 290 g/mol. The van der Waals surface area contributed by atoms with Gasteiger partial charge in [0.15, 0.2) is 0 Å². The van der Waals surface area contributed by atoms with Gasteiger partial charge in [-0.05, 0) is 13.3 Å². The van der Waals surface area contributed by atoms with E-state index in [0.717, 1.165) is 12.0 Å². The standard InChI is InChI=1S/C14H17N3O3S/c1-2-21(18,19)17-9-8-12(10-17)14-15-13(16-20-14)11-6-4-3-5-7-11/h3-7,12H,2,8-10H2,1H3/t12-/m1/s1. The average Bonchev–Trinajstić information content (AvgIpc) is 3.17. The van der Waals surface area contributed by atoms with Crippen molar-refractivity contribution in [2.24, 2.45) is 0 Å². The smallest absolute Gasteiger partial charge is 0.231 e. The van der Waals surface area contributed by atoms with Crippen LogP contribution in [-0.4, -0.2) is 41.7 Å². The summed E-state index contributed by atoms with van der Waals surface area (Å²) in [7, 11) is -3.14. The summed E-state index contributed by atoms with van der Waals surface area (Å²) in [4.78, 5) is 4.41. The summed E-state index contributed by atoms with van der Waals surface area (Å²) >= 11 is 0. The second kappa shape index (κ2) is 5.57. The predicted molar refractivity (Wildman–Crippen MR) is 78.1 cm³/mol. The van der Waals surface area contributed by atoms with Crippen LogP contribution >= 0.6 is 0 Å². The van der Waals surface area contributed by atoms with Crippen molar-refractivity contribution < 1.29 is 12.9 Å². The van der Waals surface area contributed by atoms with Crippen LogP contribution in [0.15, 0.2) is 34.9 Å². The first-order valence-electron chi connectivity index (χ1n) is 6.97. The molecule has 0 saturated carbocycles. The fourth-order valence-electron chi connectivity index (χ4n) is 2.47. The van der Waals surface area contributed by atoms with E-state index in [1.165, 1.54) is 4.31 Å². The fourth-order valence-corrected chi connectivity index (χ4v) is 3.63. The van der Waals surface area contributed by atoms with Gasteiger partial charge in [0, 0.05) is 18.7 Å². The summed E-state index contributed by atoms with van der Waals surface area (Å²) in [5, 5.41) is 3.98. The second-order valence-corrected chi connectivity index (χ2v) is 7.32. The molecule has 1 aliphatic rings. The van der Waals surface area contributed by atoms with Crippen molar-refractivity contribution in [1.82, 2.24) is 14.4 Å². The molecule has 21 heavy (non-hydrogen) atoms. The molecule has 1 atom stereocenters. The largest absolute Gasteiger partial charge is 0.339 e. The molecule has 0 aliphatic carbocycles. The fraction of sp³-hybridized carbons (Fsp3) is 0.429. The van der Waals surface area contributed by atoms with Crippen molar-refractivity contribution in [1.29, 1.82) is 0 Å². The van der Waals surface area contributed by atoms with Gasteiger partial charge in [-0.25, -0.2) is 12.7 Å². The Bertz CT molecular complexity index is 712. The Balaban J connectivity index is 1.77. The molecule has 1 aromatic heterocycles. The summed E-state index contributed by atoms with van der Waals surface area (Å²) in [5.41, 5.74) is 0.892. The molecule has 1 aliphatic heterocycles. The maximum atomic E-state index is 11.9. The molecule has 3 rings (SSSR count). The molecule has 0 spiro atoms. The lowest BCUT2D eigenvalue weighted by Crippen LogP contribution is -2.29. The minimum absolute atomic E-state index is 0.0173. The molecule has 2 aromatic rings. The Hall–Kier alpha value is -1.73. The van der Waals surface area contributed by atoms with Crippen LogP contribution in [0, 0.1) is 0 Å². The van der Waals surface area contributed by atoms with Gasteiger partial charge in [0.25, 0.3) is 0 Å². The molecular formula is C14H17N3O3S. The maximum Gasteiger partial charge on any atom is 0.231 e. The topological polar surface area (TPSA) is 76.3 Å². The molecule has 0 amide bonds. The van der Waals surface area contributed by atoms with Gasteiger partial charge in [-0.3, -0.25) is 0 Å². The lowest BCUT2D eigenvalue weighted by atomic mass is 10.1. The first-order chi connectivity index (χ1) is 10.1. The van der Waals surface area contributed by atoms with Gasteiger partial charge in [-0.2, -0.15) is 4.98 Å². The Morgan fingerprint density at radius 2 is 2.10 bits per heavy atom. The molecule has 6 nitrogen and oxygen atoms in total. The monoisotopic (exact) mass is 307 g/mol. The highest BCUT2D eigenvalue weighted by molar-refractivity contribution is 7.89. The van der Waals surface area contributed by atoms with E-state index in [2.05, 4.69) is 10.1 Å². The molecule has 0 N–H and O–H groups in total. The van der Waals surface area contributed by atoms with Crippen LogP contribution < -0.4 is 0 Å². The van der Waals surface area contributed by atoms with Gasteiger partial charge in [0.1, 0.15) is 0 Å². The number of hydrogen-bond acceptors (Lipinski definition) is 5. The number of aromatic nitrogens is 2. The first kappa shape index (κ1) is 14.2. The van der Waals surface area contributed by atoms with Gasteiger partial charge in [0.05, 0.1) is 11.7 Å². The van der Waals surface area contributed by atoms with E-state index < -0.39 is 10.0 Å². The van der Waals surface area contributed by atoms with Crippen LogP contribution in [0.3, 0.4) is 0 Å². The van der Waals surface area contributed by atoms with Crippen LogP contribution in [0.5, 0.6) is 0 Å². The van der Waals surface area contributed by atoms with E-state index >= 15 is 0 Å². The summed E-state index contributed by atoms with van der Waals surface area (Å²) in [6.45, 7) is 2.60. The van der Waals surface area contributed by atoms with Crippen LogP contribution in [0.2, 0.25) is 0 Å². The van der Waals surface area contributed by atoms with E-state index in [4.69, 9.17) is 4.52 Å². The van der Waals surface area contributed by atoms with Crippen LogP contribution in [-0.2, 0) is 10.0 Å². The van der Waals surface area contributed by atoms with Gasteiger partial charge in [0.2, 0.25) is 21.7 Å². The van der Waals surface area contributed by atoms with Gasteiger partial charge < -0.3 is 4.52 Å². The zero-order valence-corrected chi connectivity index (χ0v) is 12.6. The van der Waals surface area contributed by atoms with Gasteiger partial charge >= 0.3 is 0 Å². The summed E-state index contributed by atoms with van der Waals surface area (Å²) in [5.74, 6) is 1.17. The third-order valence-corrected chi connectivity index (χ3v) is 5.58. The first-order valence-corrected chi connectivity index (χ1v) is 8.58. The third kappa shape index (κ3) is 2.84. The number of nitrogens with zero attached hydrogens (tertiary/aromatic N) is 3. The molecule has 1 fully saturated rings. The number of sulfonamides is 1. The van der Waals surface area contributed by atoms with E-state index in [0.29, 0.717) is 24.8 Å². The molecule has 0 radical (unpaired) electrons. The van der Waals surface area contributed by atoms with E-state index in [9.17, 15) is 8.42 Å². The van der Waals surface area contributed by atoms with Crippen molar-refractivity contribution in [3.8, 4) is 11.4 Å². The van der Waals surface area contributed by atoms with Crippen LogP contribution in [0.1, 0.15) is 25.2 Å². The Kier molecular flexibility index (Phi) is 3.77. The van der Waals surface area contributed by atoms with Crippen molar-refractivity contribution >= 4 is 10.0 Å². The quantitative estimate of drug-likeness (QED) is 0.862. The predicted octanol–water partition coefficient (Wildman–Crippen LogP) is 1.88. The van der Waals surface area contributed by atoms with Gasteiger partial charge in [-0.15, -0.1) is 0 Å². The maximum absolute atomic E-state index is 11.9. The van der Waals surface area contributed by atoms with Gasteiger partial charge in [-0.1, -0.05) is 35.5 Å². The second-order valence-electron chi connectivity index (χ2n) is 5.07. The van der Waals surface area contributed by atoms with Crippen molar-refractivity contribution in [3.05, 3.63) is 36.2 Å². The van der Waals surface area contributed by atoms with Crippen LogP contribution in [0.4, 0.5) is 0 Å². The average molecular weight is 307 g/mol. The number of hydrogen-bond donors (Lipinski definition) is 0. The van der Waals surface area contributed by atoms with E-state index in [1.54, 1.807) is 6.92 Å². The highest BCUT2D eigenvalue weighted by Crippen LogP contribution is 2.29. The summed E-state index contributed by atoms with van der Waals surface area (Å²) in [6.07, 6.45) is 0.718. The molecule has 0 bridgehead atoms. The Morgan fingerprint density at radius 1 is 1.33 bits per heavy atom. The summed E-state index contributed by atoms with van der Waals surface area (Å²) < 4.78 is 30.5. The Labute approximate surface area is 123 Å². The minimum atomic E-state index is -3.14. The highest BCUT2D eigenvalue weighted by Gasteiger charge is 2.34. The third-order valence-electron chi connectivity index (χ3n) is 3.73.